The highest BCUT2D eigenvalue weighted by Crippen LogP contribution is 2.40. The van der Waals surface area contributed by atoms with E-state index in [1.165, 1.54) is 19.3 Å². The fourth-order valence-electron chi connectivity index (χ4n) is 2.94. The van der Waals surface area contributed by atoms with E-state index >= 15 is 0 Å². The summed E-state index contributed by atoms with van der Waals surface area (Å²) in [4.78, 5) is 0. The van der Waals surface area contributed by atoms with E-state index in [2.05, 4.69) is 5.10 Å². The number of nitrogens with zero attached hydrogens (tertiary/aromatic N) is 2. The Morgan fingerprint density at radius 1 is 1.35 bits per heavy atom. The van der Waals surface area contributed by atoms with Gasteiger partial charge in [-0.25, -0.2) is 0 Å². The van der Waals surface area contributed by atoms with Crippen LogP contribution in [0.3, 0.4) is 0 Å². The molecule has 2 rings (SSSR count). The second-order valence-electron chi connectivity index (χ2n) is 5.37. The third-order valence-corrected chi connectivity index (χ3v) is 4.54. The molecule has 0 aliphatic heterocycles. The van der Waals surface area contributed by atoms with Crippen LogP contribution in [0.5, 0.6) is 0 Å². The van der Waals surface area contributed by atoms with Gasteiger partial charge in [-0.2, -0.15) is 5.10 Å². The van der Waals surface area contributed by atoms with Crippen molar-refractivity contribution in [2.24, 2.45) is 12.5 Å². The molecule has 1 fully saturated rings. The van der Waals surface area contributed by atoms with Gasteiger partial charge in [0.1, 0.15) is 5.15 Å². The molecule has 1 aromatic heterocycles. The molecule has 0 bridgehead atoms. The van der Waals surface area contributed by atoms with Crippen LogP contribution in [0.2, 0.25) is 5.15 Å². The third kappa shape index (κ3) is 2.50. The molecule has 3 nitrogen and oxygen atoms in total. The maximum atomic E-state index is 9.72. The van der Waals surface area contributed by atoms with Crippen LogP contribution in [0, 0.1) is 12.3 Å². The second kappa shape index (κ2) is 4.99. The summed E-state index contributed by atoms with van der Waals surface area (Å²) in [5.74, 6) is 0. The van der Waals surface area contributed by atoms with Crippen molar-refractivity contribution < 1.29 is 5.11 Å². The summed E-state index contributed by atoms with van der Waals surface area (Å²) < 4.78 is 1.72. The molecule has 17 heavy (non-hydrogen) atoms. The summed E-state index contributed by atoms with van der Waals surface area (Å²) in [6.07, 6.45) is 6.81. The highest BCUT2D eigenvalue weighted by atomic mass is 35.5. The zero-order chi connectivity index (χ0) is 12.5. The van der Waals surface area contributed by atoms with Crippen LogP contribution >= 0.6 is 11.6 Å². The van der Waals surface area contributed by atoms with Crippen LogP contribution < -0.4 is 0 Å². The highest BCUT2D eigenvalue weighted by molar-refractivity contribution is 6.30. The van der Waals surface area contributed by atoms with Crippen molar-refractivity contribution in [2.45, 2.75) is 45.4 Å². The van der Waals surface area contributed by atoms with Gasteiger partial charge in [-0.3, -0.25) is 4.68 Å². The summed E-state index contributed by atoms with van der Waals surface area (Å²) in [7, 11) is 1.87. The van der Waals surface area contributed by atoms with Gasteiger partial charge in [0.15, 0.2) is 0 Å². The maximum Gasteiger partial charge on any atom is 0.130 e. The number of hydrogen-bond acceptors (Lipinski definition) is 2. The normalized spacial score (nSPS) is 19.5. The van der Waals surface area contributed by atoms with Crippen LogP contribution in [-0.4, -0.2) is 21.5 Å². The SMILES string of the molecule is Cc1nn(C)c(Cl)c1CC1(CO)CCCCC1. The van der Waals surface area contributed by atoms with E-state index in [-0.39, 0.29) is 12.0 Å². The summed E-state index contributed by atoms with van der Waals surface area (Å²) in [6, 6.07) is 0. The molecular weight excluding hydrogens is 236 g/mol. The summed E-state index contributed by atoms with van der Waals surface area (Å²) in [6.45, 7) is 2.26. The molecular formula is C13H21ClN2O. The zero-order valence-corrected chi connectivity index (χ0v) is 11.4. The summed E-state index contributed by atoms with van der Waals surface area (Å²) in [5, 5.41) is 14.8. The quantitative estimate of drug-likeness (QED) is 0.903. The first-order valence-electron chi connectivity index (χ1n) is 6.37. The molecule has 0 unspecified atom stereocenters. The Hall–Kier alpha value is -0.540. The lowest BCUT2D eigenvalue weighted by molar-refractivity contribution is 0.0822. The molecule has 1 aromatic rings. The molecule has 1 N–H and O–H groups in total. The van der Waals surface area contributed by atoms with Crippen LogP contribution in [0.15, 0.2) is 0 Å². The van der Waals surface area contributed by atoms with Crippen molar-refractivity contribution in [3.05, 3.63) is 16.4 Å². The predicted molar refractivity (Wildman–Crippen MR) is 69.3 cm³/mol. The van der Waals surface area contributed by atoms with E-state index in [9.17, 15) is 5.11 Å². The van der Waals surface area contributed by atoms with Gasteiger partial charge in [-0.05, 0) is 31.6 Å². The number of aryl methyl sites for hydroxylation is 2. The Morgan fingerprint density at radius 2 is 2.00 bits per heavy atom. The molecule has 0 spiro atoms. The minimum absolute atomic E-state index is 0.0374. The molecule has 96 valence electrons. The molecule has 0 atom stereocenters. The summed E-state index contributed by atoms with van der Waals surface area (Å²) in [5.41, 5.74) is 2.15. The first-order valence-corrected chi connectivity index (χ1v) is 6.75. The first-order chi connectivity index (χ1) is 8.08. The lowest BCUT2D eigenvalue weighted by Crippen LogP contribution is -2.31. The second-order valence-corrected chi connectivity index (χ2v) is 5.73. The van der Waals surface area contributed by atoms with Gasteiger partial charge < -0.3 is 5.11 Å². The minimum Gasteiger partial charge on any atom is -0.396 e. The van der Waals surface area contributed by atoms with Crippen molar-refractivity contribution in [3.8, 4) is 0 Å². The van der Waals surface area contributed by atoms with Gasteiger partial charge in [0, 0.05) is 19.2 Å². The van der Waals surface area contributed by atoms with Crippen LogP contribution in [-0.2, 0) is 13.5 Å². The van der Waals surface area contributed by atoms with Crippen molar-refractivity contribution in [2.75, 3.05) is 6.61 Å². The maximum absolute atomic E-state index is 9.72. The molecule has 1 aliphatic carbocycles. The highest BCUT2D eigenvalue weighted by Gasteiger charge is 2.33. The molecule has 1 aliphatic rings. The van der Waals surface area contributed by atoms with E-state index in [0.717, 1.165) is 35.7 Å². The first kappa shape index (κ1) is 12.9. The van der Waals surface area contributed by atoms with Crippen molar-refractivity contribution in [1.29, 1.82) is 0 Å². The van der Waals surface area contributed by atoms with Crippen LogP contribution in [0.25, 0.3) is 0 Å². The lowest BCUT2D eigenvalue weighted by atomic mass is 9.71. The van der Waals surface area contributed by atoms with Gasteiger partial charge >= 0.3 is 0 Å². The van der Waals surface area contributed by atoms with Crippen molar-refractivity contribution >= 4 is 11.6 Å². The van der Waals surface area contributed by atoms with Crippen molar-refractivity contribution in [1.82, 2.24) is 9.78 Å². The number of rotatable bonds is 3. The average Bonchev–Trinajstić information content (AvgIpc) is 2.57. The van der Waals surface area contributed by atoms with Gasteiger partial charge in [-0.15, -0.1) is 0 Å². The Bertz CT molecular complexity index is 394. The smallest absolute Gasteiger partial charge is 0.130 e. The van der Waals surface area contributed by atoms with E-state index in [1.807, 2.05) is 14.0 Å². The van der Waals surface area contributed by atoms with Crippen molar-refractivity contribution in [3.63, 3.8) is 0 Å². The van der Waals surface area contributed by atoms with E-state index in [1.54, 1.807) is 4.68 Å². The molecule has 0 radical (unpaired) electrons. The largest absolute Gasteiger partial charge is 0.396 e. The average molecular weight is 257 g/mol. The molecule has 1 heterocycles. The lowest BCUT2D eigenvalue weighted by Gasteiger charge is -2.35. The standard InChI is InChI=1S/C13H21ClN2O/c1-10-11(12(14)16(2)15-10)8-13(9-17)6-4-3-5-7-13/h17H,3-9H2,1-2H3. The van der Waals surface area contributed by atoms with Gasteiger partial charge in [-0.1, -0.05) is 30.9 Å². The van der Waals surface area contributed by atoms with E-state index in [4.69, 9.17) is 11.6 Å². The molecule has 0 saturated heterocycles. The Balaban J connectivity index is 2.23. The van der Waals surface area contributed by atoms with E-state index < -0.39 is 0 Å². The fourth-order valence-corrected chi connectivity index (χ4v) is 3.18. The topological polar surface area (TPSA) is 38.0 Å². The van der Waals surface area contributed by atoms with Gasteiger partial charge in [0.25, 0.3) is 0 Å². The monoisotopic (exact) mass is 256 g/mol. The number of aromatic nitrogens is 2. The number of aliphatic hydroxyl groups excluding tert-OH is 1. The Kier molecular flexibility index (Phi) is 3.79. The van der Waals surface area contributed by atoms with Crippen LogP contribution in [0.1, 0.15) is 43.4 Å². The Labute approximate surface area is 108 Å². The molecule has 0 aromatic carbocycles. The predicted octanol–water partition coefficient (Wildman–Crippen LogP) is 2.87. The Morgan fingerprint density at radius 3 is 2.47 bits per heavy atom. The number of aliphatic hydroxyl groups is 1. The third-order valence-electron chi connectivity index (χ3n) is 4.07. The minimum atomic E-state index is 0.0374. The summed E-state index contributed by atoms with van der Waals surface area (Å²) >= 11 is 6.27. The fraction of sp³-hybridized carbons (Fsp3) is 0.769. The van der Waals surface area contributed by atoms with E-state index in [0.29, 0.717) is 0 Å². The molecule has 4 heteroatoms. The zero-order valence-electron chi connectivity index (χ0n) is 10.7. The molecule has 0 amide bonds. The number of halogens is 1. The molecule has 1 saturated carbocycles. The number of hydrogen-bond donors (Lipinski definition) is 1. The van der Waals surface area contributed by atoms with Gasteiger partial charge in [0.2, 0.25) is 0 Å². The van der Waals surface area contributed by atoms with Gasteiger partial charge in [0.05, 0.1) is 5.69 Å². The van der Waals surface area contributed by atoms with Crippen LogP contribution in [0.4, 0.5) is 0 Å².